The summed E-state index contributed by atoms with van der Waals surface area (Å²) in [5, 5.41) is 3.33. The van der Waals surface area contributed by atoms with Gasteiger partial charge < -0.3 is 10.1 Å². The number of halogens is 1. The minimum absolute atomic E-state index is 0.190. The van der Waals surface area contributed by atoms with Gasteiger partial charge in [0, 0.05) is 33.3 Å². The smallest absolute Gasteiger partial charge is 0.123 e. The molecule has 2 rings (SSSR count). The Morgan fingerprint density at radius 1 is 1.29 bits per heavy atom. The molecule has 0 spiro atoms. The van der Waals surface area contributed by atoms with Crippen molar-refractivity contribution >= 4 is 0 Å². The summed E-state index contributed by atoms with van der Waals surface area (Å²) in [6, 6.07) is 6.95. The monoisotopic (exact) mass is 238 g/mol. The van der Waals surface area contributed by atoms with Crippen LogP contribution in [-0.4, -0.2) is 44.8 Å². The van der Waals surface area contributed by atoms with Crippen molar-refractivity contribution < 1.29 is 9.13 Å². The summed E-state index contributed by atoms with van der Waals surface area (Å²) in [7, 11) is 1.71. The van der Waals surface area contributed by atoms with Crippen LogP contribution in [0.15, 0.2) is 24.3 Å². The van der Waals surface area contributed by atoms with E-state index in [1.165, 1.54) is 12.1 Å². The predicted molar refractivity (Wildman–Crippen MR) is 65.5 cm³/mol. The fourth-order valence-electron chi connectivity index (χ4n) is 2.25. The summed E-state index contributed by atoms with van der Waals surface area (Å²) in [5.74, 6) is -0.190. The van der Waals surface area contributed by atoms with Crippen molar-refractivity contribution in [2.24, 2.45) is 0 Å². The highest BCUT2D eigenvalue weighted by Crippen LogP contribution is 2.21. The van der Waals surface area contributed by atoms with Gasteiger partial charge in [-0.3, -0.25) is 4.90 Å². The molecule has 1 aromatic rings. The molecule has 0 saturated carbocycles. The van der Waals surface area contributed by atoms with Crippen LogP contribution in [0.25, 0.3) is 0 Å². The first-order valence-electron chi connectivity index (χ1n) is 6.00. The second-order valence-electron chi connectivity index (χ2n) is 4.31. The molecule has 94 valence electrons. The molecule has 1 unspecified atom stereocenters. The lowest BCUT2D eigenvalue weighted by Crippen LogP contribution is -2.46. The zero-order valence-electron chi connectivity index (χ0n) is 10.2. The largest absolute Gasteiger partial charge is 0.383 e. The van der Waals surface area contributed by atoms with Crippen molar-refractivity contribution in [3.05, 3.63) is 35.6 Å². The fraction of sp³-hybridized carbons (Fsp3) is 0.538. The van der Waals surface area contributed by atoms with E-state index in [1.54, 1.807) is 7.11 Å². The molecule has 1 N–H and O–H groups in total. The van der Waals surface area contributed by atoms with Crippen molar-refractivity contribution in [1.82, 2.24) is 10.2 Å². The van der Waals surface area contributed by atoms with E-state index < -0.39 is 0 Å². The Morgan fingerprint density at radius 3 is 2.53 bits per heavy atom. The van der Waals surface area contributed by atoms with E-state index >= 15 is 0 Å². The molecule has 3 nitrogen and oxygen atoms in total. The highest BCUT2D eigenvalue weighted by Gasteiger charge is 2.21. The number of hydrogen-bond donors (Lipinski definition) is 1. The summed E-state index contributed by atoms with van der Waals surface area (Å²) in [4.78, 5) is 2.38. The number of benzene rings is 1. The predicted octanol–water partition coefficient (Wildman–Crippen LogP) is 1.42. The third kappa shape index (κ3) is 3.25. The maximum absolute atomic E-state index is 12.9. The van der Waals surface area contributed by atoms with Crippen molar-refractivity contribution in [3.63, 3.8) is 0 Å². The number of piperazine rings is 1. The quantitative estimate of drug-likeness (QED) is 0.858. The molecule has 1 aliphatic rings. The topological polar surface area (TPSA) is 24.5 Å². The molecule has 0 radical (unpaired) electrons. The lowest BCUT2D eigenvalue weighted by Gasteiger charge is -2.34. The van der Waals surface area contributed by atoms with Crippen molar-refractivity contribution in [2.45, 2.75) is 6.04 Å². The van der Waals surface area contributed by atoms with E-state index in [9.17, 15) is 4.39 Å². The van der Waals surface area contributed by atoms with E-state index in [1.807, 2.05) is 12.1 Å². The minimum Gasteiger partial charge on any atom is -0.383 e. The Kier molecular flexibility index (Phi) is 4.48. The van der Waals surface area contributed by atoms with Crippen molar-refractivity contribution in [1.29, 1.82) is 0 Å². The van der Waals surface area contributed by atoms with Gasteiger partial charge in [0.1, 0.15) is 5.82 Å². The zero-order valence-corrected chi connectivity index (χ0v) is 10.2. The van der Waals surface area contributed by atoms with Crippen LogP contribution in [0.1, 0.15) is 11.6 Å². The first kappa shape index (κ1) is 12.5. The zero-order chi connectivity index (χ0) is 12.1. The van der Waals surface area contributed by atoms with Gasteiger partial charge in [-0.2, -0.15) is 0 Å². The summed E-state index contributed by atoms with van der Waals surface area (Å²) in [6.45, 7) is 4.66. The highest BCUT2D eigenvalue weighted by atomic mass is 19.1. The highest BCUT2D eigenvalue weighted by molar-refractivity contribution is 5.20. The van der Waals surface area contributed by atoms with Gasteiger partial charge in [-0.1, -0.05) is 12.1 Å². The Bertz CT molecular complexity index is 336. The molecule has 1 aromatic carbocycles. The van der Waals surface area contributed by atoms with Crippen LogP contribution in [0, 0.1) is 5.82 Å². The molecule has 1 heterocycles. The first-order chi connectivity index (χ1) is 8.31. The number of methoxy groups -OCH3 is 1. The SMILES string of the molecule is COCC(c1ccc(F)cc1)N1CCNCC1. The van der Waals surface area contributed by atoms with Crippen LogP contribution in [0.3, 0.4) is 0 Å². The summed E-state index contributed by atoms with van der Waals surface area (Å²) in [5.41, 5.74) is 1.12. The van der Waals surface area contributed by atoms with Crippen LogP contribution < -0.4 is 5.32 Å². The molecule has 0 amide bonds. The van der Waals surface area contributed by atoms with Gasteiger partial charge in [-0.25, -0.2) is 4.39 Å². The van der Waals surface area contributed by atoms with E-state index in [-0.39, 0.29) is 11.9 Å². The molecule has 1 aliphatic heterocycles. The Hall–Kier alpha value is -0.970. The second-order valence-corrected chi connectivity index (χ2v) is 4.31. The Balaban J connectivity index is 2.12. The number of rotatable bonds is 4. The van der Waals surface area contributed by atoms with E-state index in [4.69, 9.17) is 4.74 Å². The third-order valence-electron chi connectivity index (χ3n) is 3.17. The summed E-state index contributed by atoms with van der Waals surface area (Å²) < 4.78 is 18.2. The maximum Gasteiger partial charge on any atom is 0.123 e. The van der Waals surface area contributed by atoms with Gasteiger partial charge in [0.2, 0.25) is 0 Å². The van der Waals surface area contributed by atoms with Crippen molar-refractivity contribution in [2.75, 3.05) is 39.9 Å². The Morgan fingerprint density at radius 2 is 1.94 bits per heavy atom. The normalized spacial score (nSPS) is 19.2. The number of hydrogen-bond acceptors (Lipinski definition) is 3. The Labute approximate surface area is 102 Å². The average Bonchev–Trinajstić information content (AvgIpc) is 2.38. The lowest BCUT2D eigenvalue weighted by atomic mass is 10.1. The van der Waals surface area contributed by atoms with E-state index in [0.717, 1.165) is 31.7 Å². The average molecular weight is 238 g/mol. The van der Waals surface area contributed by atoms with E-state index in [2.05, 4.69) is 10.2 Å². The third-order valence-corrected chi connectivity index (χ3v) is 3.17. The molecule has 0 bridgehead atoms. The van der Waals surface area contributed by atoms with Crippen LogP contribution in [-0.2, 0) is 4.74 Å². The molecular weight excluding hydrogens is 219 g/mol. The molecule has 0 aromatic heterocycles. The van der Waals surface area contributed by atoms with Gasteiger partial charge in [0.05, 0.1) is 12.6 Å². The number of nitrogens with one attached hydrogen (secondary N) is 1. The number of ether oxygens (including phenoxy) is 1. The molecular formula is C13H19FN2O. The van der Waals surface area contributed by atoms with Crippen LogP contribution >= 0.6 is 0 Å². The second kappa shape index (κ2) is 6.10. The first-order valence-corrected chi connectivity index (χ1v) is 6.00. The summed E-state index contributed by atoms with van der Waals surface area (Å²) in [6.07, 6.45) is 0. The van der Waals surface area contributed by atoms with Crippen molar-refractivity contribution in [3.8, 4) is 0 Å². The van der Waals surface area contributed by atoms with Crippen LogP contribution in [0.5, 0.6) is 0 Å². The van der Waals surface area contributed by atoms with E-state index in [0.29, 0.717) is 6.61 Å². The van der Waals surface area contributed by atoms with Crippen LogP contribution in [0.2, 0.25) is 0 Å². The van der Waals surface area contributed by atoms with Gasteiger partial charge in [-0.05, 0) is 17.7 Å². The molecule has 0 aliphatic carbocycles. The molecule has 1 saturated heterocycles. The van der Waals surface area contributed by atoms with Gasteiger partial charge in [-0.15, -0.1) is 0 Å². The van der Waals surface area contributed by atoms with Crippen LogP contribution in [0.4, 0.5) is 4.39 Å². The molecule has 1 atom stereocenters. The molecule has 4 heteroatoms. The summed E-state index contributed by atoms with van der Waals surface area (Å²) >= 11 is 0. The lowest BCUT2D eigenvalue weighted by molar-refractivity contribution is 0.0812. The van der Waals surface area contributed by atoms with Gasteiger partial charge >= 0.3 is 0 Å². The maximum atomic E-state index is 12.9. The number of nitrogens with zero attached hydrogens (tertiary/aromatic N) is 1. The standard InChI is InChI=1S/C13H19FN2O/c1-17-10-13(16-8-6-15-7-9-16)11-2-4-12(14)5-3-11/h2-5,13,15H,6-10H2,1H3. The fourth-order valence-corrected chi connectivity index (χ4v) is 2.25. The molecule has 17 heavy (non-hydrogen) atoms. The van der Waals surface area contributed by atoms with Gasteiger partial charge in [0.25, 0.3) is 0 Å². The minimum atomic E-state index is -0.190. The molecule has 1 fully saturated rings. The van der Waals surface area contributed by atoms with Gasteiger partial charge in [0.15, 0.2) is 0 Å².